The highest BCUT2D eigenvalue weighted by Gasteiger charge is 2.50. The Morgan fingerprint density at radius 1 is 1.12 bits per heavy atom. The molecule has 2 unspecified atom stereocenters. The van der Waals surface area contributed by atoms with Crippen LogP contribution in [0, 0.1) is 5.41 Å². The number of aliphatic hydroxyl groups is 2. The Hall–Kier alpha value is -2.44. The van der Waals surface area contributed by atoms with Gasteiger partial charge in [0.1, 0.15) is 36.3 Å². The standard InChI is InChI=1S/C23H38N7O17P3S/c1-12(31)51-7-6-25-14(32)4-5-26-21(35)18(34)23(2,3)9-44-50(41,42)47-49(39,40)43-8-13-17(46-48(36,37)38)16(33)22(45-13)30-11-29-15-19(24)27-10-28-20(15)30/h10-11,13,16-18,22,33-34H,4-9H2,1-3H3,(H,25,32)(H,26,35)(H,39,40)(H,41,42)(H2,24,27,28)(H2,36,37,38)/t13-,16-,17-,18-,22-/m1/s1/i1T3. The number of nitrogen functional groups attached to an aromatic ring is 1. The molecule has 3 rings (SSSR count). The number of hydrogen-bond acceptors (Lipinski definition) is 18. The molecule has 0 bridgehead atoms. The maximum Gasteiger partial charge on any atom is 0.481 e. The maximum absolute atomic E-state index is 12.6. The Morgan fingerprint density at radius 3 is 2.47 bits per heavy atom. The quantitative estimate of drug-likeness (QED) is 0.0586. The van der Waals surface area contributed by atoms with E-state index in [9.17, 15) is 57.9 Å². The largest absolute Gasteiger partial charge is 0.481 e. The predicted molar refractivity (Wildman–Crippen MR) is 173 cm³/mol. The van der Waals surface area contributed by atoms with Gasteiger partial charge < -0.3 is 50.9 Å². The van der Waals surface area contributed by atoms with Crippen LogP contribution >= 0.6 is 35.2 Å². The normalized spacial score (nSPS) is 23.7. The van der Waals surface area contributed by atoms with Crippen LogP contribution in [-0.4, -0.2) is 123 Å². The summed E-state index contributed by atoms with van der Waals surface area (Å²) in [5.41, 5.74) is 4.18. The number of imidazole rings is 1. The van der Waals surface area contributed by atoms with Crippen LogP contribution in [-0.2, 0) is 50.7 Å². The van der Waals surface area contributed by atoms with E-state index >= 15 is 0 Å². The second kappa shape index (κ2) is 17.6. The number of fused-ring (bicyclic) bond motifs is 1. The van der Waals surface area contributed by atoms with Crippen molar-refractivity contribution in [2.24, 2.45) is 5.41 Å². The van der Waals surface area contributed by atoms with E-state index in [1.54, 1.807) is 0 Å². The molecule has 288 valence electrons. The van der Waals surface area contributed by atoms with Gasteiger partial charge in [0.05, 0.1) is 19.5 Å². The molecule has 2 amide bonds. The van der Waals surface area contributed by atoms with Crippen molar-refractivity contribution in [3.63, 3.8) is 0 Å². The average Bonchev–Trinajstić information content (AvgIpc) is 3.60. The average molecular weight is 816 g/mol. The van der Waals surface area contributed by atoms with E-state index < -0.39 is 96.5 Å². The number of rotatable bonds is 19. The second-order valence-corrected chi connectivity index (χ2v) is 16.5. The van der Waals surface area contributed by atoms with Crippen molar-refractivity contribution in [2.75, 3.05) is 37.8 Å². The molecule has 0 saturated carbocycles. The number of ether oxygens (including phenoxy) is 1. The number of amides is 2. The van der Waals surface area contributed by atoms with E-state index in [0.717, 1.165) is 17.2 Å². The first-order chi connectivity index (χ1) is 24.7. The fourth-order valence-corrected chi connectivity index (χ4v) is 7.49. The summed E-state index contributed by atoms with van der Waals surface area (Å²) in [5.74, 6) is -1.67. The Labute approximate surface area is 297 Å². The Bertz CT molecular complexity index is 1820. The summed E-state index contributed by atoms with van der Waals surface area (Å²) in [5, 5.41) is 25.0. The van der Waals surface area contributed by atoms with Gasteiger partial charge in [0, 0.05) is 41.6 Å². The molecule has 24 nitrogen and oxygen atoms in total. The SMILES string of the molecule is [3H]C([3H])([3H])C(=O)SCCNC(=O)CCNC(=O)[C@@H](O)C(C)(C)COP(=O)(O)OP(=O)(O)OC[C@H]1O[C@@H](n2cnc3c(N)ncnc32)[C@H](O)[C@@H]1OP(=O)(O)O. The van der Waals surface area contributed by atoms with Crippen LogP contribution < -0.4 is 16.4 Å². The lowest BCUT2D eigenvalue weighted by Gasteiger charge is -2.30. The van der Waals surface area contributed by atoms with Gasteiger partial charge in [0.25, 0.3) is 0 Å². The van der Waals surface area contributed by atoms with Crippen molar-refractivity contribution in [1.82, 2.24) is 30.2 Å². The molecule has 0 aromatic carbocycles. The first kappa shape index (κ1) is 38.3. The third kappa shape index (κ3) is 12.9. The van der Waals surface area contributed by atoms with Crippen LogP contribution in [0.15, 0.2) is 12.7 Å². The Balaban J connectivity index is 1.51. The number of anilines is 1. The van der Waals surface area contributed by atoms with E-state index in [4.69, 9.17) is 23.6 Å². The molecule has 1 fully saturated rings. The third-order valence-corrected chi connectivity index (χ3v) is 10.5. The summed E-state index contributed by atoms with van der Waals surface area (Å²) < 4.78 is 82.8. The minimum absolute atomic E-state index is 0.00929. The molecule has 0 spiro atoms. The van der Waals surface area contributed by atoms with Crippen LogP contribution in [0.2, 0.25) is 0 Å². The summed E-state index contributed by atoms with van der Waals surface area (Å²) >= 11 is 0.515. The van der Waals surface area contributed by atoms with Gasteiger partial charge in [-0.2, -0.15) is 4.31 Å². The molecule has 28 heteroatoms. The van der Waals surface area contributed by atoms with E-state index in [0.29, 0.717) is 11.8 Å². The van der Waals surface area contributed by atoms with Gasteiger partial charge in [-0.3, -0.25) is 32.5 Å². The maximum atomic E-state index is 12.6. The highest BCUT2D eigenvalue weighted by molar-refractivity contribution is 8.13. The molecule has 51 heavy (non-hydrogen) atoms. The molecule has 10 N–H and O–H groups in total. The molecule has 2 aromatic rings. The van der Waals surface area contributed by atoms with Gasteiger partial charge in [0.2, 0.25) is 11.8 Å². The predicted octanol–water partition coefficient (Wildman–Crippen LogP) is -1.32. The summed E-state index contributed by atoms with van der Waals surface area (Å²) in [7, 11) is -16.4. The van der Waals surface area contributed by atoms with Crippen molar-refractivity contribution in [3.05, 3.63) is 12.7 Å². The first-order valence-corrected chi connectivity index (χ1v) is 19.8. The number of phosphoric ester groups is 3. The van der Waals surface area contributed by atoms with Crippen LogP contribution in [0.3, 0.4) is 0 Å². The minimum atomic E-state index is -5.59. The molecule has 0 aliphatic carbocycles. The number of aromatic nitrogens is 4. The highest BCUT2D eigenvalue weighted by atomic mass is 32.2. The fraction of sp³-hybridized carbons (Fsp3) is 0.652. The smallest absolute Gasteiger partial charge is 0.386 e. The molecule has 7 atom stereocenters. The number of nitrogens with one attached hydrogen (secondary N) is 2. The molecule has 0 radical (unpaired) electrons. The zero-order chi connectivity index (χ0) is 40.9. The minimum Gasteiger partial charge on any atom is -0.386 e. The van der Waals surface area contributed by atoms with Crippen LogP contribution in [0.4, 0.5) is 5.82 Å². The topological polar surface area (TPSA) is 364 Å². The van der Waals surface area contributed by atoms with Gasteiger partial charge in [-0.15, -0.1) is 0 Å². The number of carbonyl (C=O) groups is 3. The lowest BCUT2D eigenvalue weighted by atomic mass is 9.87. The molecule has 1 aliphatic heterocycles. The third-order valence-electron chi connectivity index (χ3n) is 6.73. The lowest BCUT2D eigenvalue weighted by Crippen LogP contribution is -2.46. The molecular formula is C23H38N7O17P3S. The van der Waals surface area contributed by atoms with Gasteiger partial charge in [0.15, 0.2) is 22.8 Å². The van der Waals surface area contributed by atoms with Crippen molar-refractivity contribution in [3.8, 4) is 0 Å². The van der Waals surface area contributed by atoms with Crippen LogP contribution in [0.5, 0.6) is 0 Å². The number of phosphoric acid groups is 3. The Morgan fingerprint density at radius 2 is 1.80 bits per heavy atom. The summed E-state index contributed by atoms with van der Waals surface area (Å²) in [6.45, 7) is -2.75. The van der Waals surface area contributed by atoms with Gasteiger partial charge in [-0.05, 0) is 0 Å². The highest BCUT2D eigenvalue weighted by Crippen LogP contribution is 2.61. The van der Waals surface area contributed by atoms with Crippen LogP contribution in [0.25, 0.3) is 11.2 Å². The number of thioether (sulfide) groups is 1. The van der Waals surface area contributed by atoms with Gasteiger partial charge >= 0.3 is 23.5 Å². The fourth-order valence-electron chi connectivity index (χ4n) is 4.27. The number of nitrogens with two attached hydrogens (primary N) is 1. The van der Waals surface area contributed by atoms with Gasteiger partial charge in [-0.1, -0.05) is 25.6 Å². The number of carbonyl (C=O) groups excluding carboxylic acids is 3. The van der Waals surface area contributed by atoms with Crippen molar-refractivity contribution < 1.29 is 84.6 Å². The van der Waals surface area contributed by atoms with E-state index in [2.05, 4.69) is 34.4 Å². The van der Waals surface area contributed by atoms with Crippen molar-refractivity contribution >= 4 is 69.1 Å². The van der Waals surface area contributed by atoms with E-state index in [-0.39, 0.29) is 42.2 Å². The summed E-state index contributed by atoms with van der Waals surface area (Å²) in [4.78, 5) is 86.5. The Kier molecular flexibility index (Phi) is 13.2. The van der Waals surface area contributed by atoms with Gasteiger partial charge in [-0.25, -0.2) is 28.6 Å². The second-order valence-electron chi connectivity index (χ2n) is 11.2. The summed E-state index contributed by atoms with van der Waals surface area (Å²) in [6, 6.07) is 0. The zero-order valence-electron chi connectivity index (χ0n) is 29.6. The first-order valence-electron chi connectivity index (χ1n) is 15.8. The molecule has 3 heterocycles. The number of nitrogens with zero attached hydrogens (tertiary/aromatic N) is 4. The van der Waals surface area contributed by atoms with Crippen molar-refractivity contribution in [1.29, 1.82) is 0 Å². The lowest BCUT2D eigenvalue weighted by molar-refractivity contribution is -0.137. The monoisotopic (exact) mass is 815 g/mol. The zero-order valence-corrected chi connectivity index (χ0v) is 30.1. The molecule has 1 saturated heterocycles. The molecule has 2 aromatic heterocycles. The summed E-state index contributed by atoms with van der Waals surface area (Å²) in [6.07, 6.45) is -7.16. The number of aliphatic hydroxyl groups excluding tert-OH is 2. The van der Waals surface area contributed by atoms with E-state index in [1.807, 2.05) is 0 Å². The number of hydrogen-bond donors (Lipinski definition) is 9. The van der Waals surface area contributed by atoms with Crippen LogP contribution in [0.1, 0.15) is 37.5 Å². The van der Waals surface area contributed by atoms with Crippen molar-refractivity contribution in [2.45, 2.75) is 57.8 Å². The molecular weight excluding hydrogens is 771 g/mol. The van der Waals surface area contributed by atoms with E-state index in [1.165, 1.54) is 13.8 Å². The molecule has 1 aliphatic rings.